The first-order valence-electron chi connectivity index (χ1n) is 12.6. The van der Waals surface area contributed by atoms with E-state index in [1.807, 2.05) is 52.1 Å². The summed E-state index contributed by atoms with van der Waals surface area (Å²) in [5.74, 6) is 0.609. The van der Waals surface area contributed by atoms with Crippen molar-refractivity contribution in [2.75, 3.05) is 18.0 Å². The molecule has 3 aromatic rings. The molecule has 7 nitrogen and oxygen atoms in total. The van der Waals surface area contributed by atoms with Crippen LogP contribution in [-0.4, -0.2) is 46.2 Å². The van der Waals surface area contributed by atoms with Crippen molar-refractivity contribution >= 4 is 30.7 Å². The van der Waals surface area contributed by atoms with E-state index in [1.54, 1.807) is 11.0 Å². The Morgan fingerprint density at radius 2 is 1.95 bits per heavy atom. The van der Waals surface area contributed by atoms with Crippen molar-refractivity contribution in [3.05, 3.63) is 69.5 Å². The molecule has 4 heterocycles. The van der Waals surface area contributed by atoms with Crippen molar-refractivity contribution in [3.8, 4) is 5.69 Å². The van der Waals surface area contributed by atoms with Crippen LogP contribution in [0.3, 0.4) is 0 Å². The number of carbonyl (C=O) groups is 1. The Kier molecular flexibility index (Phi) is 5.84. The Morgan fingerprint density at radius 3 is 2.70 bits per heavy atom. The second-order valence-electron chi connectivity index (χ2n) is 11.0. The number of benzene rings is 2. The van der Waals surface area contributed by atoms with E-state index in [0.717, 1.165) is 28.4 Å². The van der Waals surface area contributed by atoms with E-state index < -0.39 is 11.2 Å². The molecule has 0 radical (unpaired) electrons. The molecule has 1 amide bonds. The Balaban J connectivity index is 1.32. The molecule has 0 N–H and O–H groups in total. The average Bonchev–Trinajstić information content (AvgIpc) is 3.36. The molecule has 37 heavy (non-hydrogen) atoms. The van der Waals surface area contributed by atoms with Gasteiger partial charge in [-0.25, -0.2) is 0 Å². The van der Waals surface area contributed by atoms with Crippen LogP contribution in [0.2, 0.25) is 5.02 Å². The molecule has 0 unspecified atom stereocenters. The first-order valence-corrected chi connectivity index (χ1v) is 13.0. The Hall–Kier alpha value is -2.91. The molecule has 1 fully saturated rings. The molecule has 3 aliphatic heterocycles. The number of hydrogen-bond donors (Lipinski definition) is 0. The third kappa shape index (κ3) is 4.32. The van der Waals surface area contributed by atoms with Gasteiger partial charge in [-0.3, -0.25) is 0 Å². The van der Waals surface area contributed by atoms with Gasteiger partial charge in [-0.05, 0) is 0 Å². The van der Waals surface area contributed by atoms with Crippen LogP contribution in [0, 0.1) is 5.82 Å². The minimum atomic E-state index is -0.601. The predicted octanol–water partition coefficient (Wildman–Crippen LogP) is 5.28. The van der Waals surface area contributed by atoms with Gasteiger partial charge in [0.15, 0.2) is 0 Å². The predicted molar refractivity (Wildman–Crippen MR) is 140 cm³/mol. The number of rotatable bonds is 1. The molecular weight excluding hydrogens is 494 g/mol. The zero-order chi connectivity index (χ0) is 25.9. The van der Waals surface area contributed by atoms with E-state index in [4.69, 9.17) is 26.0 Å². The van der Waals surface area contributed by atoms with E-state index in [9.17, 15) is 9.18 Å². The second-order valence-corrected chi connectivity index (χ2v) is 11.5. The van der Waals surface area contributed by atoms with Crippen molar-refractivity contribution in [1.82, 2.24) is 14.4 Å². The number of fused-ring (bicyclic) bond motifs is 5. The maximum atomic E-state index is 14.8. The zero-order valence-corrected chi connectivity index (χ0v) is 22.0. The van der Waals surface area contributed by atoms with E-state index >= 15 is 0 Å². The van der Waals surface area contributed by atoms with Crippen molar-refractivity contribution in [2.24, 2.45) is 0 Å². The van der Waals surface area contributed by atoms with Crippen molar-refractivity contribution < 1.29 is 18.7 Å². The molecule has 0 aliphatic carbocycles. The number of amides is 1. The third-order valence-corrected chi connectivity index (χ3v) is 7.61. The summed E-state index contributed by atoms with van der Waals surface area (Å²) < 4.78 is 28.8. The van der Waals surface area contributed by atoms with Gasteiger partial charge in [0, 0.05) is 0 Å². The molecule has 2 aromatic carbocycles. The van der Waals surface area contributed by atoms with Crippen LogP contribution in [0.4, 0.5) is 15.1 Å². The molecule has 1 aromatic heterocycles. The van der Waals surface area contributed by atoms with Crippen LogP contribution < -0.4 is 4.90 Å². The molecule has 0 saturated carbocycles. The van der Waals surface area contributed by atoms with Gasteiger partial charge in [-0.2, -0.15) is 0 Å². The quantitative estimate of drug-likeness (QED) is 0.435. The van der Waals surface area contributed by atoms with Crippen LogP contribution in [0.25, 0.3) is 5.69 Å². The summed E-state index contributed by atoms with van der Waals surface area (Å²) in [6.45, 7) is 8.09. The van der Waals surface area contributed by atoms with Gasteiger partial charge >= 0.3 is 221 Å². The van der Waals surface area contributed by atoms with Gasteiger partial charge in [0.1, 0.15) is 0 Å². The average molecular weight is 523 g/mol. The van der Waals surface area contributed by atoms with Crippen molar-refractivity contribution in [3.63, 3.8) is 0 Å². The van der Waals surface area contributed by atoms with E-state index in [-0.39, 0.29) is 11.9 Å². The normalized spacial score (nSPS) is 18.2. The Morgan fingerprint density at radius 1 is 1.16 bits per heavy atom. The summed E-state index contributed by atoms with van der Waals surface area (Å²) in [5.41, 5.74) is 3.20. The Labute approximate surface area is 221 Å². The molecule has 10 heteroatoms. The van der Waals surface area contributed by atoms with Crippen molar-refractivity contribution in [2.45, 2.75) is 64.5 Å². The molecule has 0 bridgehead atoms. The molecule has 6 rings (SSSR count). The summed E-state index contributed by atoms with van der Waals surface area (Å²) in [7, 11) is 1.82. The second kappa shape index (κ2) is 8.84. The number of ether oxygens (including phenoxy) is 2. The number of piperidine rings is 1. The molecule has 1 saturated heterocycles. The summed E-state index contributed by atoms with van der Waals surface area (Å²) in [5, 5.41) is 0.604. The SMILES string of the molecule is CC(C)(C)OC(=O)N1Cc2cc(Cl)ccc2-n2c(bnc2N2CCC3(CC2)OCc2cccc(F)c23)C1. The Bertz CT molecular complexity index is 1380. The summed E-state index contributed by atoms with van der Waals surface area (Å²) in [6.07, 6.45) is 0.954. The van der Waals surface area contributed by atoms with Crippen LogP contribution in [-0.2, 0) is 34.8 Å². The molecular formula is C27H29BClFN4O3. The van der Waals surface area contributed by atoms with Gasteiger partial charge in [0.2, 0.25) is 0 Å². The van der Waals surface area contributed by atoms with Gasteiger partial charge in [-0.15, -0.1) is 0 Å². The van der Waals surface area contributed by atoms with E-state index in [2.05, 4.69) is 9.47 Å². The van der Waals surface area contributed by atoms with Crippen LogP contribution in [0.5, 0.6) is 0 Å². The summed E-state index contributed by atoms with van der Waals surface area (Å²) in [4.78, 5) is 21.7. The monoisotopic (exact) mass is 522 g/mol. The van der Waals surface area contributed by atoms with Gasteiger partial charge in [0.25, 0.3) is 0 Å². The molecule has 3 aliphatic rings. The van der Waals surface area contributed by atoms with Gasteiger partial charge in [0.05, 0.1) is 0 Å². The summed E-state index contributed by atoms with van der Waals surface area (Å²) >= 11 is 6.36. The van der Waals surface area contributed by atoms with E-state index in [1.165, 1.54) is 6.07 Å². The first-order chi connectivity index (χ1) is 17.6. The number of carbonyl (C=O) groups excluding carboxylic acids is 1. The minimum absolute atomic E-state index is 0.189. The molecule has 1 spiro atoms. The number of nitrogens with zero attached hydrogens (tertiary/aromatic N) is 4. The number of hydrogen-bond acceptors (Lipinski definition) is 5. The van der Waals surface area contributed by atoms with Crippen LogP contribution in [0.15, 0.2) is 36.4 Å². The number of aromatic nitrogens is 2. The standard InChI is InChI=1S/C27H29BClFN4O3/c1-26(2,3)37-25(35)33-14-18-13-19(29)7-8-21(18)34-22(15-33)28-31-24(34)32-11-9-27(10-12-32)23-17(16-36-27)5-4-6-20(23)30/h4-8,13H,9-12,14-16H2,1-3H3. The maximum absolute atomic E-state index is 14.8. The van der Waals surface area contributed by atoms with Gasteiger partial charge in [-0.1, -0.05) is 0 Å². The van der Waals surface area contributed by atoms with E-state index in [0.29, 0.717) is 56.2 Å². The van der Waals surface area contributed by atoms with Gasteiger partial charge < -0.3 is 0 Å². The molecule has 0 atom stereocenters. The van der Waals surface area contributed by atoms with Crippen molar-refractivity contribution in [1.29, 1.82) is 0 Å². The van der Waals surface area contributed by atoms with Crippen LogP contribution in [0.1, 0.15) is 55.9 Å². The third-order valence-electron chi connectivity index (χ3n) is 7.38. The topological polar surface area (TPSA) is 59.8 Å². The zero-order valence-electron chi connectivity index (χ0n) is 21.3. The van der Waals surface area contributed by atoms with Crippen LogP contribution >= 0.6 is 11.6 Å². The first kappa shape index (κ1) is 24.4. The number of halogens is 2. The fourth-order valence-corrected chi connectivity index (χ4v) is 5.93. The molecule has 192 valence electrons. The fraction of sp³-hybridized carbons (Fsp3) is 0.444. The summed E-state index contributed by atoms with van der Waals surface area (Å²) in [6, 6.07) is 10.9. The number of anilines is 1. The fourth-order valence-electron chi connectivity index (χ4n) is 5.73.